The van der Waals surface area contributed by atoms with Gasteiger partial charge in [-0.05, 0) is 6.07 Å². The first-order valence-corrected chi connectivity index (χ1v) is 8.88. The lowest BCUT2D eigenvalue weighted by molar-refractivity contribution is -1.02. The highest BCUT2D eigenvalue weighted by molar-refractivity contribution is 5.33. The Labute approximate surface area is 155 Å². The number of nitrogens with zero attached hydrogens (tertiary/aromatic N) is 1. The van der Waals surface area contributed by atoms with Crippen LogP contribution in [-0.4, -0.2) is 31.1 Å². The number of rotatable bonds is 5. The minimum absolute atomic E-state index is 0.0833. The topological polar surface area (TPSA) is 52.0 Å². The summed E-state index contributed by atoms with van der Waals surface area (Å²) in [5.41, 5.74) is 0.774. The van der Waals surface area contributed by atoms with Crippen molar-refractivity contribution in [2.24, 2.45) is 0 Å². The number of hydrogen-bond acceptors (Lipinski definition) is 2. The molecule has 144 valence electrons. The minimum atomic E-state index is -4.33. The van der Waals surface area contributed by atoms with E-state index < -0.39 is 16.7 Å². The smallest absolute Gasteiger partial charge is 0.322 e. The molecular weight excluding hydrogens is 359 g/mol. The van der Waals surface area contributed by atoms with E-state index in [1.807, 2.05) is 6.07 Å². The molecule has 2 N–H and O–H groups in total. The summed E-state index contributed by atoms with van der Waals surface area (Å²) < 4.78 is 39.4. The van der Waals surface area contributed by atoms with Crippen LogP contribution >= 0.6 is 0 Å². The maximum absolute atomic E-state index is 13.1. The van der Waals surface area contributed by atoms with Gasteiger partial charge in [-0.2, -0.15) is 13.2 Å². The van der Waals surface area contributed by atoms with Crippen LogP contribution in [0.15, 0.2) is 48.5 Å². The van der Waals surface area contributed by atoms with Crippen molar-refractivity contribution in [3.05, 3.63) is 75.3 Å². The quantitative estimate of drug-likeness (QED) is 0.602. The molecule has 0 unspecified atom stereocenters. The van der Waals surface area contributed by atoms with Gasteiger partial charge in [-0.1, -0.05) is 30.3 Å². The number of quaternary nitrogens is 2. The third-order valence-electron chi connectivity index (χ3n) is 5.00. The normalized spacial score (nSPS) is 20.4. The van der Waals surface area contributed by atoms with Gasteiger partial charge in [-0.25, -0.2) is 0 Å². The van der Waals surface area contributed by atoms with Crippen LogP contribution < -0.4 is 9.80 Å². The molecule has 0 aromatic heterocycles. The van der Waals surface area contributed by atoms with Crippen molar-refractivity contribution in [3.8, 4) is 0 Å². The van der Waals surface area contributed by atoms with Gasteiger partial charge in [0, 0.05) is 23.3 Å². The lowest BCUT2D eigenvalue weighted by Gasteiger charge is -2.30. The van der Waals surface area contributed by atoms with Crippen molar-refractivity contribution >= 4 is 5.69 Å². The maximum Gasteiger partial charge on any atom is 0.416 e. The van der Waals surface area contributed by atoms with Gasteiger partial charge in [0.05, 0.1) is 10.5 Å². The fourth-order valence-corrected chi connectivity index (χ4v) is 3.60. The number of non-ortho nitro benzene ring substituents is 1. The predicted octanol–water partition coefficient (Wildman–Crippen LogP) is 1.10. The van der Waals surface area contributed by atoms with Gasteiger partial charge < -0.3 is 9.80 Å². The second-order valence-corrected chi connectivity index (χ2v) is 6.94. The first-order valence-electron chi connectivity index (χ1n) is 8.88. The number of halogens is 3. The Morgan fingerprint density at radius 2 is 1.56 bits per heavy atom. The highest BCUT2D eigenvalue weighted by atomic mass is 19.4. The Balaban J connectivity index is 1.57. The summed E-state index contributed by atoms with van der Waals surface area (Å²) >= 11 is 0. The van der Waals surface area contributed by atoms with Crippen molar-refractivity contribution in [3.63, 3.8) is 0 Å². The van der Waals surface area contributed by atoms with Gasteiger partial charge >= 0.3 is 6.18 Å². The van der Waals surface area contributed by atoms with Gasteiger partial charge in [0.2, 0.25) is 0 Å². The number of nitro groups is 1. The lowest BCUT2D eigenvalue weighted by atomic mass is 10.1. The van der Waals surface area contributed by atoms with E-state index in [1.165, 1.54) is 17.0 Å². The van der Waals surface area contributed by atoms with Crippen molar-refractivity contribution in [2.75, 3.05) is 26.2 Å². The van der Waals surface area contributed by atoms with Crippen LogP contribution in [0.2, 0.25) is 0 Å². The van der Waals surface area contributed by atoms with Crippen molar-refractivity contribution in [1.82, 2.24) is 0 Å². The average Bonchev–Trinajstić information content (AvgIpc) is 2.63. The maximum atomic E-state index is 13.1. The van der Waals surface area contributed by atoms with E-state index >= 15 is 0 Å². The third kappa shape index (κ3) is 5.05. The predicted molar refractivity (Wildman–Crippen MR) is 93.3 cm³/mol. The molecule has 3 rings (SSSR count). The number of benzene rings is 2. The second-order valence-electron chi connectivity index (χ2n) is 6.94. The third-order valence-corrected chi connectivity index (χ3v) is 5.00. The Morgan fingerprint density at radius 3 is 2.19 bits per heavy atom. The molecule has 1 saturated heterocycles. The molecule has 0 atom stereocenters. The van der Waals surface area contributed by atoms with E-state index in [0.717, 1.165) is 42.7 Å². The van der Waals surface area contributed by atoms with Gasteiger partial charge in [-0.15, -0.1) is 0 Å². The van der Waals surface area contributed by atoms with Crippen LogP contribution in [-0.2, 0) is 19.3 Å². The highest BCUT2D eigenvalue weighted by Crippen LogP contribution is 2.31. The second kappa shape index (κ2) is 8.06. The zero-order valence-corrected chi connectivity index (χ0v) is 14.8. The number of alkyl halides is 3. The molecule has 0 aliphatic carbocycles. The highest BCUT2D eigenvalue weighted by Gasteiger charge is 2.34. The van der Waals surface area contributed by atoms with Crippen LogP contribution in [0.4, 0.5) is 18.9 Å². The Hall–Kier alpha value is -2.45. The Bertz CT molecular complexity index is 803. The molecule has 1 aliphatic rings. The molecule has 1 heterocycles. The van der Waals surface area contributed by atoms with Crippen molar-refractivity contribution in [1.29, 1.82) is 0 Å². The van der Waals surface area contributed by atoms with Gasteiger partial charge in [-0.3, -0.25) is 10.1 Å². The monoisotopic (exact) mass is 381 g/mol. The molecule has 0 bridgehead atoms. The Morgan fingerprint density at radius 1 is 0.926 bits per heavy atom. The summed E-state index contributed by atoms with van der Waals surface area (Å²) in [7, 11) is 0. The van der Waals surface area contributed by atoms with E-state index in [2.05, 4.69) is 0 Å². The molecule has 2 aromatic rings. The van der Waals surface area contributed by atoms with Gasteiger partial charge in [0.15, 0.2) is 0 Å². The molecule has 0 saturated carbocycles. The van der Waals surface area contributed by atoms with Crippen LogP contribution in [0.1, 0.15) is 16.7 Å². The fourth-order valence-electron chi connectivity index (χ4n) is 3.60. The number of nitro benzene ring substituents is 1. The van der Waals surface area contributed by atoms with E-state index in [1.54, 1.807) is 24.3 Å². The van der Waals surface area contributed by atoms with E-state index in [0.29, 0.717) is 18.7 Å². The first-order chi connectivity index (χ1) is 12.8. The SMILES string of the molecule is O=[N+]([O-])c1cccc(C[NH+]2CC[NH+](Cc3ccccc3C(F)(F)F)CC2)c1. The Kier molecular flexibility index (Phi) is 5.76. The number of nitrogens with one attached hydrogen (secondary N) is 2. The molecule has 0 spiro atoms. The largest absolute Gasteiger partial charge is 0.416 e. The first kappa shape index (κ1) is 19.3. The average molecular weight is 381 g/mol. The standard InChI is InChI=1S/C19H20F3N3O2/c20-19(21,22)18-7-2-1-5-16(18)14-24-10-8-23(9-11-24)13-15-4-3-6-17(12-15)25(26)27/h1-7,12H,8-11,13-14H2/p+2. The molecule has 0 radical (unpaired) electrons. The van der Waals surface area contributed by atoms with E-state index in [-0.39, 0.29) is 5.69 Å². The van der Waals surface area contributed by atoms with E-state index in [4.69, 9.17) is 0 Å². The fraction of sp³-hybridized carbons (Fsp3) is 0.368. The van der Waals surface area contributed by atoms with Gasteiger partial charge in [0.1, 0.15) is 39.3 Å². The summed E-state index contributed by atoms with van der Waals surface area (Å²) in [6.07, 6.45) is -4.33. The van der Waals surface area contributed by atoms with Crippen LogP contribution in [0.3, 0.4) is 0 Å². The molecule has 27 heavy (non-hydrogen) atoms. The van der Waals surface area contributed by atoms with Gasteiger partial charge in [0.25, 0.3) is 5.69 Å². The van der Waals surface area contributed by atoms with Crippen molar-refractivity contribution < 1.29 is 27.9 Å². The molecular formula is C19H22F3N3O2+2. The minimum Gasteiger partial charge on any atom is -0.322 e. The molecule has 1 fully saturated rings. The molecule has 5 nitrogen and oxygen atoms in total. The molecule has 2 aromatic carbocycles. The lowest BCUT2D eigenvalue weighted by Crippen LogP contribution is -3.27. The summed E-state index contributed by atoms with van der Waals surface area (Å²) in [4.78, 5) is 12.9. The summed E-state index contributed by atoms with van der Waals surface area (Å²) in [6.45, 7) is 4.25. The van der Waals surface area contributed by atoms with E-state index in [9.17, 15) is 23.3 Å². The molecule has 8 heteroatoms. The van der Waals surface area contributed by atoms with Crippen LogP contribution in [0, 0.1) is 10.1 Å². The molecule has 0 amide bonds. The van der Waals surface area contributed by atoms with Crippen LogP contribution in [0.25, 0.3) is 0 Å². The van der Waals surface area contributed by atoms with Crippen LogP contribution in [0.5, 0.6) is 0 Å². The summed E-state index contributed by atoms with van der Waals surface area (Å²) in [5.74, 6) is 0. The number of piperazine rings is 1. The summed E-state index contributed by atoms with van der Waals surface area (Å²) in [5, 5.41) is 10.9. The zero-order chi connectivity index (χ0) is 19.4. The summed E-state index contributed by atoms with van der Waals surface area (Å²) in [6, 6.07) is 12.4. The zero-order valence-electron chi connectivity index (χ0n) is 14.8. The molecule has 1 aliphatic heterocycles. The van der Waals surface area contributed by atoms with Crippen molar-refractivity contribution in [2.45, 2.75) is 19.3 Å². The number of hydrogen-bond donors (Lipinski definition) is 2.